The van der Waals surface area contributed by atoms with Crippen molar-refractivity contribution in [3.63, 3.8) is 0 Å². The summed E-state index contributed by atoms with van der Waals surface area (Å²) in [5, 5.41) is 0. The minimum atomic E-state index is -0.580. The van der Waals surface area contributed by atoms with Crippen LogP contribution in [0.3, 0.4) is 0 Å². The summed E-state index contributed by atoms with van der Waals surface area (Å²) in [5.74, 6) is 0.337. The van der Waals surface area contributed by atoms with Gasteiger partial charge in [0.2, 0.25) is 0 Å². The summed E-state index contributed by atoms with van der Waals surface area (Å²) >= 11 is 0. The van der Waals surface area contributed by atoms with Crippen LogP contribution in [-0.4, -0.2) is 93.1 Å². The third-order valence-corrected chi connectivity index (χ3v) is 11.4. The SMILES string of the molecule is CCCCCCCOC(=O)CCN(CCOC(=O)OC(CCCCCC)CCCCCCCCCC(=O)OCC(CCCC)CCCCCC)CCN(CC)CC. The lowest BCUT2D eigenvalue weighted by Gasteiger charge is -2.26. The van der Waals surface area contributed by atoms with Crippen molar-refractivity contribution in [3.8, 4) is 0 Å². The lowest BCUT2D eigenvalue weighted by Crippen LogP contribution is -2.38. The van der Waals surface area contributed by atoms with Gasteiger partial charge in [-0.3, -0.25) is 14.5 Å². The Morgan fingerprint density at radius 3 is 1.53 bits per heavy atom. The summed E-state index contributed by atoms with van der Waals surface area (Å²) in [6.07, 6.45) is 29.6. The van der Waals surface area contributed by atoms with Gasteiger partial charge in [0.25, 0.3) is 0 Å². The monoisotopic (exact) mass is 811 g/mol. The van der Waals surface area contributed by atoms with Gasteiger partial charge >= 0.3 is 18.1 Å². The first kappa shape index (κ1) is 55.1. The average Bonchev–Trinajstić information content (AvgIpc) is 3.21. The molecule has 2 unspecified atom stereocenters. The maximum absolute atomic E-state index is 12.8. The first-order valence-corrected chi connectivity index (χ1v) is 24.4. The number of esters is 2. The highest BCUT2D eigenvalue weighted by atomic mass is 16.7. The molecule has 0 bridgehead atoms. The van der Waals surface area contributed by atoms with E-state index >= 15 is 0 Å². The molecule has 0 fully saturated rings. The normalized spacial score (nSPS) is 12.6. The number of hydrogen-bond acceptors (Lipinski definition) is 9. The predicted molar refractivity (Wildman–Crippen MR) is 238 cm³/mol. The Balaban J connectivity index is 4.54. The lowest BCUT2D eigenvalue weighted by molar-refractivity contribution is -0.145. The van der Waals surface area contributed by atoms with E-state index < -0.39 is 6.16 Å². The number of hydrogen-bond donors (Lipinski definition) is 0. The molecule has 338 valence electrons. The molecule has 9 heteroatoms. The average molecular weight is 811 g/mol. The van der Waals surface area contributed by atoms with Crippen molar-refractivity contribution in [2.75, 3.05) is 59.1 Å². The van der Waals surface area contributed by atoms with Crippen LogP contribution < -0.4 is 0 Å². The van der Waals surface area contributed by atoms with Crippen molar-refractivity contribution in [2.45, 2.75) is 227 Å². The number of nitrogens with zero attached hydrogens (tertiary/aromatic N) is 2. The van der Waals surface area contributed by atoms with Crippen molar-refractivity contribution < 1.29 is 33.3 Å². The first-order chi connectivity index (χ1) is 27.8. The first-order valence-electron chi connectivity index (χ1n) is 24.4. The number of ether oxygens (including phenoxy) is 4. The van der Waals surface area contributed by atoms with Crippen molar-refractivity contribution >= 4 is 18.1 Å². The summed E-state index contributed by atoms with van der Waals surface area (Å²) < 4.78 is 22.7. The molecule has 0 amide bonds. The van der Waals surface area contributed by atoms with E-state index in [1.807, 2.05) is 0 Å². The van der Waals surface area contributed by atoms with Gasteiger partial charge in [0, 0.05) is 32.6 Å². The molecule has 0 aliphatic heterocycles. The second-order valence-corrected chi connectivity index (χ2v) is 16.5. The quantitative estimate of drug-likeness (QED) is 0.0339. The van der Waals surface area contributed by atoms with Crippen LogP contribution in [0.15, 0.2) is 0 Å². The smallest absolute Gasteiger partial charge is 0.466 e. The van der Waals surface area contributed by atoms with Gasteiger partial charge < -0.3 is 23.8 Å². The molecule has 0 N–H and O–H groups in total. The molecule has 0 saturated heterocycles. The lowest BCUT2D eigenvalue weighted by atomic mass is 9.96. The minimum Gasteiger partial charge on any atom is -0.466 e. The molecule has 0 rings (SSSR count). The van der Waals surface area contributed by atoms with Crippen LogP contribution in [0.2, 0.25) is 0 Å². The number of carbonyl (C=O) groups excluding carboxylic acids is 3. The van der Waals surface area contributed by atoms with E-state index in [1.165, 1.54) is 83.5 Å². The Hall–Kier alpha value is -1.87. The Kier molecular flexibility index (Phi) is 40.9. The summed E-state index contributed by atoms with van der Waals surface area (Å²) in [7, 11) is 0. The van der Waals surface area contributed by atoms with E-state index in [-0.39, 0.29) is 24.6 Å². The van der Waals surface area contributed by atoms with E-state index in [4.69, 9.17) is 18.9 Å². The van der Waals surface area contributed by atoms with Crippen molar-refractivity contribution in [1.82, 2.24) is 9.80 Å². The van der Waals surface area contributed by atoms with Crippen molar-refractivity contribution in [3.05, 3.63) is 0 Å². The number of likely N-dealkylation sites (N-methyl/N-ethyl adjacent to an activating group) is 1. The van der Waals surface area contributed by atoms with Crippen LogP contribution in [0.25, 0.3) is 0 Å². The molecule has 9 nitrogen and oxygen atoms in total. The van der Waals surface area contributed by atoms with Gasteiger partial charge in [0.15, 0.2) is 0 Å². The highest BCUT2D eigenvalue weighted by Gasteiger charge is 2.17. The topological polar surface area (TPSA) is 94.6 Å². The molecular weight excluding hydrogens is 717 g/mol. The maximum atomic E-state index is 12.8. The molecule has 0 saturated carbocycles. The molecule has 0 aromatic rings. The van der Waals surface area contributed by atoms with E-state index in [0.29, 0.717) is 45.1 Å². The third kappa shape index (κ3) is 36.9. The molecule has 0 spiro atoms. The van der Waals surface area contributed by atoms with Crippen LogP contribution in [0.1, 0.15) is 221 Å². The largest absolute Gasteiger partial charge is 0.508 e. The zero-order valence-corrected chi connectivity index (χ0v) is 38.6. The zero-order valence-electron chi connectivity index (χ0n) is 38.6. The molecule has 57 heavy (non-hydrogen) atoms. The molecule has 0 radical (unpaired) electrons. The highest BCUT2D eigenvalue weighted by Crippen LogP contribution is 2.20. The molecule has 0 aromatic heterocycles. The summed E-state index contributed by atoms with van der Waals surface area (Å²) in [6, 6.07) is 0. The van der Waals surface area contributed by atoms with E-state index in [1.54, 1.807) is 0 Å². The Morgan fingerprint density at radius 2 is 0.912 bits per heavy atom. The maximum Gasteiger partial charge on any atom is 0.508 e. The van der Waals surface area contributed by atoms with Gasteiger partial charge in [-0.15, -0.1) is 0 Å². The summed E-state index contributed by atoms with van der Waals surface area (Å²) in [5.41, 5.74) is 0. The number of carbonyl (C=O) groups is 3. The van der Waals surface area contributed by atoms with Crippen LogP contribution in [0.5, 0.6) is 0 Å². The fraction of sp³-hybridized carbons (Fsp3) is 0.938. The third-order valence-electron chi connectivity index (χ3n) is 11.4. The molecule has 0 aliphatic carbocycles. The Labute approximate surface area is 352 Å². The van der Waals surface area contributed by atoms with Gasteiger partial charge in [-0.05, 0) is 70.4 Å². The number of unbranched alkanes of at least 4 members (excludes halogenated alkanes) is 17. The van der Waals surface area contributed by atoms with Gasteiger partial charge in [0.05, 0.1) is 19.6 Å². The van der Waals surface area contributed by atoms with Gasteiger partial charge in [-0.25, -0.2) is 4.79 Å². The van der Waals surface area contributed by atoms with Gasteiger partial charge in [-0.1, -0.05) is 157 Å². The zero-order chi connectivity index (χ0) is 42.0. The standard InChI is InChI=1S/C48H94N2O7/c1-7-13-17-25-30-41-54-47(52)36-37-50(39-38-49(11-5)12-6)40-42-55-48(53)57-45(33-27-19-15-9-3)34-28-23-21-20-22-24-29-35-46(51)56-43-44(31-16-10-4)32-26-18-14-8-2/h44-45H,7-43H2,1-6H3. The fourth-order valence-electron chi connectivity index (χ4n) is 7.33. The Morgan fingerprint density at radius 1 is 0.421 bits per heavy atom. The summed E-state index contributed by atoms with van der Waals surface area (Å²) in [4.78, 5) is 42.2. The molecular formula is C48H94N2O7. The number of rotatable bonds is 43. The fourth-order valence-corrected chi connectivity index (χ4v) is 7.33. The second-order valence-electron chi connectivity index (χ2n) is 16.5. The van der Waals surface area contributed by atoms with Crippen molar-refractivity contribution in [1.29, 1.82) is 0 Å². The van der Waals surface area contributed by atoms with E-state index in [9.17, 15) is 14.4 Å². The predicted octanol–water partition coefficient (Wildman–Crippen LogP) is 12.9. The highest BCUT2D eigenvalue weighted by molar-refractivity contribution is 5.69. The van der Waals surface area contributed by atoms with Crippen LogP contribution in [0, 0.1) is 5.92 Å². The van der Waals surface area contributed by atoms with Crippen LogP contribution in [0.4, 0.5) is 4.79 Å². The van der Waals surface area contributed by atoms with E-state index in [2.05, 4.69) is 51.3 Å². The molecule has 0 aromatic carbocycles. The van der Waals surface area contributed by atoms with E-state index in [0.717, 1.165) is 110 Å². The minimum absolute atomic E-state index is 0.0261. The Bertz CT molecular complexity index is 900. The molecule has 0 heterocycles. The van der Waals surface area contributed by atoms with Crippen LogP contribution >= 0.6 is 0 Å². The molecule has 0 aliphatic rings. The van der Waals surface area contributed by atoms with Gasteiger partial charge in [-0.2, -0.15) is 0 Å². The van der Waals surface area contributed by atoms with Crippen LogP contribution in [-0.2, 0) is 28.5 Å². The summed E-state index contributed by atoms with van der Waals surface area (Å²) in [6.45, 7) is 19.3. The van der Waals surface area contributed by atoms with Gasteiger partial charge in [0.1, 0.15) is 12.7 Å². The molecule has 2 atom stereocenters. The van der Waals surface area contributed by atoms with Crippen molar-refractivity contribution in [2.24, 2.45) is 5.92 Å². The second kappa shape index (κ2) is 42.3.